The molecule has 0 aliphatic heterocycles. The van der Waals surface area contributed by atoms with Crippen molar-refractivity contribution in [3.05, 3.63) is 30.1 Å². The van der Waals surface area contributed by atoms with E-state index in [-0.39, 0.29) is 0 Å². The van der Waals surface area contributed by atoms with Gasteiger partial charge in [-0.2, -0.15) is 10.4 Å². The summed E-state index contributed by atoms with van der Waals surface area (Å²) in [5.41, 5.74) is 1.70. The SMILES string of the molecule is C[Si](C)(C)c1cc(C#N)n2ncccc12. The number of hydrogen-bond donors (Lipinski definition) is 0. The van der Waals surface area contributed by atoms with E-state index in [4.69, 9.17) is 5.26 Å². The van der Waals surface area contributed by atoms with E-state index in [1.165, 1.54) is 5.19 Å². The summed E-state index contributed by atoms with van der Waals surface area (Å²) in [5.74, 6) is 0. The summed E-state index contributed by atoms with van der Waals surface area (Å²) < 4.78 is 1.73. The molecule has 76 valence electrons. The van der Waals surface area contributed by atoms with Crippen LogP contribution >= 0.6 is 0 Å². The molecule has 0 aliphatic rings. The predicted octanol–water partition coefficient (Wildman–Crippen LogP) is 1.75. The van der Waals surface area contributed by atoms with Gasteiger partial charge in [-0.05, 0) is 23.4 Å². The van der Waals surface area contributed by atoms with Crippen molar-refractivity contribution in [2.24, 2.45) is 0 Å². The van der Waals surface area contributed by atoms with Crippen LogP contribution in [0.4, 0.5) is 0 Å². The van der Waals surface area contributed by atoms with Gasteiger partial charge in [-0.3, -0.25) is 0 Å². The fourth-order valence-electron chi connectivity index (χ4n) is 1.72. The molecule has 2 rings (SSSR count). The van der Waals surface area contributed by atoms with Crippen LogP contribution in [0.15, 0.2) is 24.4 Å². The molecule has 0 fully saturated rings. The molecule has 0 aliphatic carbocycles. The van der Waals surface area contributed by atoms with Gasteiger partial charge in [0.2, 0.25) is 0 Å². The summed E-state index contributed by atoms with van der Waals surface area (Å²) in [7, 11) is -1.41. The maximum Gasteiger partial charge on any atom is 0.142 e. The van der Waals surface area contributed by atoms with E-state index in [1.807, 2.05) is 18.2 Å². The Morgan fingerprint density at radius 3 is 2.73 bits per heavy atom. The lowest BCUT2D eigenvalue weighted by Crippen LogP contribution is -2.37. The molecule has 0 spiro atoms. The first kappa shape index (κ1) is 9.93. The molecule has 0 saturated heterocycles. The summed E-state index contributed by atoms with van der Waals surface area (Å²) in [6.07, 6.45) is 1.71. The van der Waals surface area contributed by atoms with Gasteiger partial charge >= 0.3 is 0 Å². The predicted molar refractivity (Wildman–Crippen MR) is 62.9 cm³/mol. The minimum absolute atomic E-state index is 0.628. The van der Waals surface area contributed by atoms with Gasteiger partial charge in [0.1, 0.15) is 11.8 Å². The fourth-order valence-corrected chi connectivity index (χ4v) is 3.25. The van der Waals surface area contributed by atoms with Crippen molar-refractivity contribution in [2.45, 2.75) is 19.6 Å². The van der Waals surface area contributed by atoms with Gasteiger partial charge in [-0.1, -0.05) is 19.6 Å². The Hall–Kier alpha value is -1.60. The third-order valence-corrected chi connectivity index (χ3v) is 4.47. The highest BCUT2D eigenvalue weighted by Gasteiger charge is 2.22. The van der Waals surface area contributed by atoms with E-state index in [2.05, 4.69) is 30.8 Å². The van der Waals surface area contributed by atoms with Crippen molar-refractivity contribution in [3.8, 4) is 6.07 Å². The minimum atomic E-state index is -1.41. The Kier molecular flexibility index (Phi) is 2.13. The normalized spacial score (nSPS) is 11.6. The third kappa shape index (κ3) is 1.55. The average Bonchev–Trinajstić information content (AvgIpc) is 2.55. The lowest BCUT2D eigenvalue weighted by Gasteiger charge is -2.14. The molecule has 0 saturated carbocycles. The van der Waals surface area contributed by atoms with Gasteiger partial charge in [-0.15, -0.1) is 0 Å². The lowest BCUT2D eigenvalue weighted by molar-refractivity contribution is 0.925. The topological polar surface area (TPSA) is 41.1 Å². The molecule has 2 aromatic rings. The van der Waals surface area contributed by atoms with E-state index in [9.17, 15) is 0 Å². The number of fused-ring (bicyclic) bond motifs is 1. The van der Waals surface area contributed by atoms with Gasteiger partial charge < -0.3 is 0 Å². The summed E-state index contributed by atoms with van der Waals surface area (Å²) in [6, 6.07) is 8.11. The van der Waals surface area contributed by atoms with Crippen LogP contribution in [0, 0.1) is 11.3 Å². The summed E-state index contributed by atoms with van der Waals surface area (Å²) in [4.78, 5) is 0. The van der Waals surface area contributed by atoms with Crippen molar-refractivity contribution in [3.63, 3.8) is 0 Å². The molecule has 0 atom stereocenters. The monoisotopic (exact) mass is 215 g/mol. The van der Waals surface area contributed by atoms with Crippen LogP contribution in [0.2, 0.25) is 19.6 Å². The number of nitriles is 1. The van der Waals surface area contributed by atoms with E-state index >= 15 is 0 Å². The number of hydrogen-bond acceptors (Lipinski definition) is 2. The van der Waals surface area contributed by atoms with Gasteiger partial charge in [-0.25, -0.2) is 4.52 Å². The van der Waals surface area contributed by atoms with Crippen molar-refractivity contribution in [1.29, 1.82) is 5.26 Å². The molecular weight excluding hydrogens is 202 g/mol. The molecule has 0 bridgehead atoms. The lowest BCUT2D eigenvalue weighted by atomic mass is 10.4. The van der Waals surface area contributed by atoms with Crippen LogP contribution in [-0.4, -0.2) is 17.7 Å². The molecule has 4 heteroatoms. The zero-order valence-electron chi connectivity index (χ0n) is 9.15. The number of nitrogens with zero attached hydrogens (tertiary/aromatic N) is 3. The maximum atomic E-state index is 9.02. The van der Waals surface area contributed by atoms with Gasteiger partial charge in [0.15, 0.2) is 0 Å². The van der Waals surface area contributed by atoms with E-state index < -0.39 is 8.07 Å². The first-order chi connectivity index (χ1) is 7.04. The van der Waals surface area contributed by atoms with E-state index in [0.717, 1.165) is 5.52 Å². The molecule has 3 nitrogen and oxygen atoms in total. The summed E-state index contributed by atoms with van der Waals surface area (Å²) in [5, 5.41) is 14.5. The van der Waals surface area contributed by atoms with Crippen LogP contribution in [0.3, 0.4) is 0 Å². The standard InChI is InChI=1S/C11H13N3Si/c1-15(2,3)11-7-9(8-12)14-10(11)5-4-6-13-14/h4-7H,1-3H3. The van der Waals surface area contributed by atoms with Gasteiger partial charge in [0.25, 0.3) is 0 Å². The molecule has 0 radical (unpaired) electrons. The third-order valence-electron chi connectivity index (χ3n) is 2.46. The number of aromatic nitrogens is 2. The molecular formula is C11H13N3Si. The fraction of sp³-hybridized carbons (Fsp3) is 0.273. The van der Waals surface area contributed by atoms with E-state index in [0.29, 0.717) is 5.69 Å². The Morgan fingerprint density at radius 1 is 1.40 bits per heavy atom. The zero-order chi connectivity index (χ0) is 11.1. The zero-order valence-corrected chi connectivity index (χ0v) is 10.2. The van der Waals surface area contributed by atoms with Crippen LogP contribution in [0.25, 0.3) is 5.52 Å². The highest BCUT2D eigenvalue weighted by Crippen LogP contribution is 2.11. The van der Waals surface area contributed by atoms with Crippen molar-refractivity contribution in [2.75, 3.05) is 0 Å². The highest BCUT2D eigenvalue weighted by molar-refractivity contribution is 6.90. The molecule has 2 aromatic heterocycles. The van der Waals surface area contributed by atoms with Crippen LogP contribution in [-0.2, 0) is 0 Å². The maximum absolute atomic E-state index is 9.02. The summed E-state index contributed by atoms with van der Waals surface area (Å²) >= 11 is 0. The largest absolute Gasteiger partial charge is 0.223 e. The van der Waals surface area contributed by atoms with Crippen LogP contribution < -0.4 is 5.19 Å². The van der Waals surface area contributed by atoms with Crippen LogP contribution in [0.1, 0.15) is 5.69 Å². The van der Waals surface area contributed by atoms with Crippen molar-refractivity contribution in [1.82, 2.24) is 9.61 Å². The van der Waals surface area contributed by atoms with E-state index in [1.54, 1.807) is 10.7 Å². The minimum Gasteiger partial charge on any atom is -0.223 e. The molecule has 0 N–H and O–H groups in total. The molecule has 0 aromatic carbocycles. The first-order valence-electron chi connectivity index (χ1n) is 4.91. The Balaban J connectivity index is 2.84. The first-order valence-corrected chi connectivity index (χ1v) is 8.41. The van der Waals surface area contributed by atoms with Gasteiger partial charge in [0, 0.05) is 6.20 Å². The molecule has 0 unspecified atom stereocenters. The van der Waals surface area contributed by atoms with Crippen molar-refractivity contribution < 1.29 is 0 Å². The van der Waals surface area contributed by atoms with Gasteiger partial charge in [0.05, 0.1) is 13.6 Å². The van der Waals surface area contributed by atoms with Crippen LogP contribution in [0.5, 0.6) is 0 Å². The summed E-state index contributed by atoms with van der Waals surface area (Å²) in [6.45, 7) is 6.82. The Morgan fingerprint density at radius 2 is 2.13 bits per heavy atom. The smallest absolute Gasteiger partial charge is 0.142 e. The highest BCUT2D eigenvalue weighted by atomic mass is 28.3. The Bertz CT molecular complexity index is 543. The number of rotatable bonds is 1. The van der Waals surface area contributed by atoms with Crippen molar-refractivity contribution >= 4 is 18.8 Å². The average molecular weight is 215 g/mol. The molecule has 15 heavy (non-hydrogen) atoms. The second-order valence-corrected chi connectivity index (χ2v) is 9.66. The Labute approximate surface area is 90.0 Å². The molecule has 0 amide bonds. The second kappa shape index (κ2) is 3.21. The molecule has 2 heterocycles. The quantitative estimate of drug-likeness (QED) is 0.680. The second-order valence-electron chi connectivity index (χ2n) is 4.63.